The summed E-state index contributed by atoms with van der Waals surface area (Å²) < 4.78 is 20.6. The highest BCUT2D eigenvalue weighted by Crippen LogP contribution is 2.43. The monoisotopic (exact) mass is 396 g/mol. The Bertz CT molecular complexity index is 1010. The summed E-state index contributed by atoms with van der Waals surface area (Å²) in [6.45, 7) is 5.23. The lowest BCUT2D eigenvalue weighted by molar-refractivity contribution is -0.195. The minimum absolute atomic E-state index is 0.174. The summed E-state index contributed by atoms with van der Waals surface area (Å²) in [4.78, 5) is 12.7. The number of benzene rings is 1. The molecule has 2 aromatic heterocycles. The molecule has 2 saturated heterocycles. The highest BCUT2D eigenvalue weighted by atomic mass is 16.8. The number of nitrogens with two attached hydrogens (primary N) is 1. The Kier molecular flexibility index (Phi) is 4.47. The van der Waals surface area contributed by atoms with E-state index in [1.165, 1.54) is 11.9 Å². The van der Waals surface area contributed by atoms with Crippen LogP contribution in [-0.2, 0) is 20.8 Å². The predicted molar refractivity (Wildman–Crippen MR) is 106 cm³/mol. The zero-order chi connectivity index (χ0) is 20.0. The normalized spacial score (nSPS) is 28.1. The second-order valence-corrected chi connectivity index (χ2v) is 7.83. The molecule has 4 heterocycles. The van der Waals surface area contributed by atoms with Gasteiger partial charge in [-0.15, -0.1) is 0 Å². The molecule has 0 radical (unpaired) electrons. The molecule has 9 nitrogen and oxygen atoms in total. The Morgan fingerprint density at radius 3 is 2.72 bits per heavy atom. The third-order valence-electron chi connectivity index (χ3n) is 5.30. The third-order valence-corrected chi connectivity index (χ3v) is 5.30. The van der Waals surface area contributed by atoms with Crippen LogP contribution in [0.4, 0.5) is 5.82 Å². The number of anilines is 1. The van der Waals surface area contributed by atoms with Gasteiger partial charge in [0.1, 0.15) is 30.2 Å². The largest absolute Gasteiger partial charge is 0.382 e. The molecule has 0 unspecified atom stereocenters. The number of hydrogen-bond donors (Lipinski definition) is 2. The highest BCUT2D eigenvalue weighted by Gasteiger charge is 2.55. The van der Waals surface area contributed by atoms with Crippen molar-refractivity contribution < 1.29 is 14.2 Å². The van der Waals surface area contributed by atoms with Crippen molar-refractivity contribution in [1.82, 2.24) is 24.8 Å². The number of rotatable bonds is 5. The fraction of sp³-hybridized carbons (Fsp3) is 0.450. The van der Waals surface area contributed by atoms with Crippen molar-refractivity contribution >= 4 is 17.0 Å². The molecule has 0 aliphatic carbocycles. The van der Waals surface area contributed by atoms with Crippen LogP contribution in [-0.4, -0.2) is 50.2 Å². The summed E-state index contributed by atoms with van der Waals surface area (Å²) in [7, 11) is 0. The smallest absolute Gasteiger partial charge is 0.167 e. The maximum Gasteiger partial charge on any atom is 0.167 e. The zero-order valence-electron chi connectivity index (χ0n) is 16.4. The van der Waals surface area contributed by atoms with Crippen LogP contribution in [0.1, 0.15) is 25.6 Å². The number of imidazole rings is 1. The van der Waals surface area contributed by atoms with Crippen LogP contribution in [0.3, 0.4) is 0 Å². The van der Waals surface area contributed by atoms with E-state index in [1.54, 1.807) is 6.33 Å². The molecule has 29 heavy (non-hydrogen) atoms. The standard InChI is InChI=1S/C20H24N6O3/c1-20(2)28-15-13(9-22-8-12-6-4-3-5-7-12)27-19(16(15)29-20)26-11-25-14-17(21)23-10-24-18(14)26/h3-7,10-11,13,15-16,19,22H,8-9H2,1-2H3,(H2,21,23,24)/t13-,15-,16-,19-/m1/s1. The van der Waals surface area contributed by atoms with Gasteiger partial charge in [0.05, 0.1) is 6.33 Å². The summed E-state index contributed by atoms with van der Waals surface area (Å²) in [6.07, 6.45) is 2.04. The van der Waals surface area contributed by atoms with E-state index in [-0.39, 0.29) is 18.3 Å². The van der Waals surface area contributed by atoms with Gasteiger partial charge in [-0.25, -0.2) is 15.0 Å². The summed E-state index contributed by atoms with van der Waals surface area (Å²) >= 11 is 0. The molecule has 3 aromatic rings. The number of nitrogens with one attached hydrogen (secondary N) is 1. The van der Waals surface area contributed by atoms with Crippen molar-refractivity contribution in [3.05, 3.63) is 48.5 Å². The molecule has 0 spiro atoms. The quantitative estimate of drug-likeness (QED) is 0.670. The Hall–Kier alpha value is -2.59. The van der Waals surface area contributed by atoms with Gasteiger partial charge in [0.2, 0.25) is 0 Å². The number of ether oxygens (including phenoxy) is 3. The summed E-state index contributed by atoms with van der Waals surface area (Å²) in [6, 6.07) is 10.3. The predicted octanol–water partition coefficient (Wildman–Crippen LogP) is 1.62. The van der Waals surface area contributed by atoms with E-state index < -0.39 is 12.0 Å². The molecule has 152 valence electrons. The van der Waals surface area contributed by atoms with Gasteiger partial charge in [-0.05, 0) is 19.4 Å². The number of nitrogens with zero attached hydrogens (tertiary/aromatic N) is 4. The number of fused-ring (bicyclic) bond motifs is 2. The van der Waals surface area contributed by atoms with Crippen molar-refractivity contribution in [3.63, 3.8) is 0 Å². The SMILES string of the molecule is CC1(C)O[C@@H]2[C@H](O1)[C@@H](CNCc1ccccc1)O[C@H]2n1cnc2c(N)ncnc21. The fourth-order valence-corrected chi connectivity index (χ4v) is 4.06. The minimum atomic E-state index is -0.681. The molecule has 5 rings (SSSR count). The van der Waals surface area contributed by atoms with Crippen LogP contribution >= 0.6 is 0 Å². The van der Waals surface area contributed by atoms with Gasteiger partial charge >= 0.3 is 0 Å². The molecule has 1 aromatic carbocycles. The first kappa shape index (κ1) is 18.4. The molecule has 2 fully saturated rings. The zero-order valence-corrected chi connectivity index (χ0v) is 16.4. The lowest BCUT2D eigenvalue weighted by Gasteiger charge is -2.25. The molecule has 9 heteroatoms. The van der Waals surface area contributed by atoms with Crippen LogP contribution < -0.4 is 11.1 Å². The van der Waals surface area contributed by atoms with Crippen LogP contribution in [0, 0.1) is 0 Å². The lowest BCUT2D eigenvalue weighted by Crippen LogP contribution is -2.37. The molecular formula is C20H24N6O3. The molecule has 3 N–H and O–H groups in total. The van der Waals surface area contributed by atoms with Gasteiger partial charge in [-0.2, -0.15) is 0 Å². The summed E-state index contributed by atoms with van der Waals surface area (Å²) in [5.74, 6) is -0.340. The lowest BCUT2D eigenvalue weighted by atomic mass is 10.1. The molecule has 0 saturated carbocycles. The van der Waals surface area contributed by atoms with Crippen LogP contribution in [0.25, 0.3) is 11.2 Å². The van der Waals surface area contributed by atoms with Gasteiger partial charge < -0.3 is 25.3 Å². The van der Waals surface area contributed by atoms with E-state index in [0.717, 1.165) is 6.54 Å². The summed E-state index contributed by atoms with van der Waals surface area (Å²) in [5, 5.41) is 3.46. The Morgan fingerprint density at radius 2 is 1.90 bits per heavy atom. The molecule has 2 aliphatic rings. The average molecular weight is 396 g/mol. The number of aromatic nitrogens is 4. The molecular weight excluding hydrogens is 372 g/mol. The second-order valence-electron chi connectivity index (χ2n) is 7.83. The molecule has 2 aliphatic heterocycles. The minimum Gasteiger partial charge on any atom is -0.382 e. The van der Waals surface area contributed by atoms with E-state index >= 15 is 0 Å². The van der Waals surface area contributed by atoms with Crippen LogP contribution in [0.15, 0.2) is 43.0 Å². The number of hydrogen-bond acceptors (Lipinski definition) is 8. The van der Waals surface area contributed by atoms with E-state index in [9.17, 15) is 0 Å². The first-order valence-electron chi connectivity index (χ1n) is 9.70. The third kappa shape index (κ3) is 3.36. The van der Waals surface area contributed by atoms with E-state index in [0.29, 0.717) is 23.5 Å². The summed E-state index contributed by atoms with van der Waals surface area (Å²) in [5.41, 5.74) is 8.32. The first-order valence-corrected chi connectivity index (χ1v) is 9.70. The first-order chi connectivity index (χ1) is 14.0. The van der Waals surface area contributed by atoms with E-state index in [4.69, 9.17) is 19.9 Å². The van der Waals surface area contributed by atoms with E-state index in [1.807, 2.05) is 36.6 Å². The van der Waals surface area contributed by atoms with Crippen molar-refractivity contribution in [3.8, 4) is 0 Å². The average Bonchev–Trinajstić information content (AvgIpc) is 3.35. The fourth-order valence-electron chi connectivity index (χ4n) is 4.06. The molecule has 4 atom stereocenters. The maximum atomic E-state index is 6.36. The van der Waals surface area contributed by atoms with Crippen molar-refractivity contribution in [2.24, 2.45) is 0 Å². The maximum absolute atomic E-state index is 6.36. The van der Waals surface area contributed by atoms with Crippen molar-refractivity contribution in [1.29, 1.82) is 0 Å². The van der Waals surface area contributed by atoms with Gasteiger partial charge in [-0.3, -0.25) is 4.57 Å². The Balaban J connectivity index is 1.38. The molecule has 0 bridgehead atoms. The topological polar surface area (TPSA) is 109 Å². The molecule has 0 amide bonds. The van der Waals surface area contributed by atoms with Crippen LogP contribution in [0.2, 0.25) is 0 Å². The Labute approximate surface area is 168 Å². The van der Waals surface area contributed by atoms with Gasteiger partial charge in [-0.1, -0.05) is 30.3 Å². The van der Waals surface area contributed by atoms with Crippen molar-refractivity contribution in [2.45, 2.75) is 50.7 Å². The van der Waals surface area contributed by atoms with Gasteiger partial charge in [0.25, 0.3) is 0 Å². The second kappa shape index (κ2) is 7.03. The Morgan fingerprint density at radius 1 is 1.10 bits per heavy atom. The van der Waals surface area contributed by atoms with Crippen molar-refractivity contribution in [2.75, 3.05) is 12.3 Å². The van der Waals surface area contributed by atoms with Gasteiger partial charge in [0, 0.05) is 13.1 Å². The number of nitrogen functional groups attached to an aromatic ring is 1. The van der Waals surface area contributed by atoms with E-state index in [2.05, 4.69) is 32.4 Å². The van der Waals surface area contributed by atoms with Gasteiger partial charge in [0.15, 0.2) is 23.5 Å². The van der Waals surface area contributed by atoms with Crippen LogP contribution in [0.5, 0.6) is 0 Å². The highest BCUT2D eigenvalue weighted by molar-refractivity contribution is 5.81.